The highest BCUT2D eigenvalue weighted by atomic mass is 32.1. The molecule has 0 heterocycles. The quantitative estimate of drug-likeness (QED) is 0.376. The van der Waals surface area contributed by atoms with E-state index in [1.54, 1.807) is 0 Å². The maximum atomic E-state index is 13.2. The average molecular weight is 265 g/mol. The predicted molar refractivity (Wildman–Crippen MR) is 56.7 cm³/mol. The van der Waals surface area contributed by atoms with E-state index in [4.69, 9.17) is 0 Å². The highest BCUT2D eigenvalue weighted by Crippen LogP contribution is 2.40. The summed E-state index contributed by atoms with van der Waals surface area (Å²) in [7, 11) is 0. The Kier molecular flexibility index (Phi) is 3.95. The number of aliphatic imine (C=N–C) groups is 1. The number of thiol groups is 1. The third-order valence-electron chi connectivity index (χ3n) is 2.11. The lowest BCUT2D eigenvalue weighted by molar-refractivity contribution is -0.129. The molecule has 7 heteroatoms. The number of halogens is 4. The summed E-state index contributed by atoms with van der Waals surface area (Å²) in [6.07, 6.45) is -3.48. The third kappa shape index (κ3) is 3.08. The summed E-state index contributed by atoms with van der Waals surface area (Å²) in [6.45, 7) is 1.32. The minimum Gasteiger partial charge on any atom is -0.211 e. The first-order valence-corrected chi connectivity index (χ1v) is 4.91. The molecule has 1 aromatic rings. The van der Waals surface area contributed by atoms with Crippen molar-refractivity contribution in [3.05, 3.63) is 29.1 Å². The summed E-state index contributed by atoms with van der Waals surface area (Å²) < 4.78 is 50.6. The summed E-state index contributed by atoms with van der Waals surface area (Å²) in [5, 5.41) is -2.05. The van der Waals surface area contributed by atoms with Crippen LogP contribution in [0.5, 0.6) is 0 Å². The molecular weight excluding hydrogens is 258 g/mol. The first kappa shape index (κ1) is 13.7. The van der Waals surface area contributed by atoms with Gasteiger partial charge in [0, 0.05) is 0 Å². The van der Waals surface area contributed by atoms with Gasteiger partial charge in [-0.05, 0) is 30.2 Å². The fourth-order valence-corrected chi connectivity index (χ4v) is 1.56. The molecule has 0 aliphatic carbocycles. The van der Waals surface area contributed by atoms with E-state index in [0.29, 0.717) is 0 Å². The average Bonchev–Trinajstić information content (AvgIpc) is 2.20. The summed E-state index contributed by atoms with van der Waals surface area (Å²) in [6, 6.07) is 1.72. The van der Waals surface area contributed by atoms with E-state index in [9.17, 15) is 22.4 Å². The normalized spacial score (nSPS) is 13.1. The zero-order valence-corrected chi connectivity index (χ0v) is 9.44. The van der Waals surface area contributed by atoms with Gasteiger partial charge in [-0.2, -0.15) is 30.8 Å². The van der Waals surface area contributed by atoms with E-state index in [1.165, 1.54) is 6.92 Å². The van der Waals surface area contributed by atoms with Crippen LogP contribution in [0.25, 0.3) is 0 Å². The second kappa shape index (κ2) is 4.89. The van der Waals surface area contributed by atoms with Gasteiger partial charge in [0.05, 0.1) is 0 Å². The standard InChI is InChI=1S/C10H7F4NOS/c1-5-2-7(11)8(15-4-16)3-6(5)9(17)10(12,13)14/h2-3,9,17H,1H3. The Balaban J connectivity index is 3.34. The number of alkyl halides is 3. The zero-order valence-electron chi connectivity index (χ0n) is 8.55. The summed E-state index contributed by atoms with van der Waals surface area (Å²) in [5.41, 5.74) is -0.634. The number of hydrogen-bond donors (Lipinski definition) is 1. The number of benzene rings is 1. The van der Waals surface area contributed by atoms with Crippen molar-refractivity contribution in [2.75, 3.05) is 0 Å². The summed E-state index contributed by atoms with van der Waals surface area (Å²) in [5.74, 6) is -0.877. The summed E-state index contributed by atoms with van der Waals surface area (Å²) >= 11 is 3.43. The Morgan fingerprint density at radius 1 is 1.41 bits per heavy atom. The first-order valence-electron chi connectivity index (χ1n) is 4.40. The maximum absolute atomic E-state index is 13.2. The van der Waals surface area contributed by atoms with Crippen molar-refractivity contribution in [2.45, 2.75) is 18.3 Å². The number of nitrogens with zero attached hydrogens (tertiary/aromatic N) is 1. The molecule has 0 spiro atoms. The third-order valence-corrected chi connectivity index (χ3v) is 2.68. The van der Waals surface area contributed by atoms with Gasteiger partial charge in [-0.3, -0.25) is 0 Å². The van der Waals surface area contributed by atoms with Crippen LogP contribution in [0.15, 0.2) is 17.1 Å². The van der Waals surface area contributed by atoms with Crippen molar-refractivity contribution in [1.82, 2.24) is 0 Å². The van der Waals surface area contributed by atoms with E-state index in [1.807, 2.05) is 0 Å². The lowest BCUT2D eigenvalue weighted by Crippen LogP contribution is -2.16. The first-order chi connectivity index (χ1) is 7.77. The van der Waals surface area contributed by atoms with Crippen LogP contribution in [-0.4, -0.2) is 12.3 Å². The Bertz CT molecular complexity index is 480. The number of hydrogen-bond acceptors (Lipinski definition) is 3. The number of isocyanates is 1. The van der Waals surface area contributed by atoms with Gasteiger partial charge < -0.3 is 0 Å². The molecule has 92 valence electrons. The maximum Gasteiger partial charge on any atom is 0.404 e. The Morgan fingerprint density at radius 2 is 2.00 bits per heavy atom. The van der Waals surface area contributed by atoms with Crippen LogP contribution < -0.4 is 0 Å². The van der Waals surface area contributed by atoms with Gasteiger partial charge in [-0.25, -0.2) is 9.18 Å². The second-order valence-corrected chi connectivity index (χ2v) is 3.82. The smallest absolute Gasteiger partial charge is 0.211 e. The topological polar surface area (TPSA) is 29.4 Å². The molecular formula is C10H7F4NOS. The van der Waals surface area contributed by atoms with E-state index in [-0.39, 0.29) is 11.1 Å². The molecule has 0 amide bonds. The minimum absolute atomic E-state index is 0.0877. The molecule has 0 saturated carbocycles. The molecule has 0 aliphatic rings. The summed E-state index contributed by atoms with van der Waals surface area (Å²) in [4.78, 5) is 13.0. The molecule has 0 fully saturated rings. The highest BCUT2D eigenvalue weighted by molar-refractivity contribution is 7.80. The Labute approximate surface area is 99.8 Å². The lowest BCUT2D eigenvalue weighted by Gasteiger charge is -2.17. The number of aryl methyl sites for hydroxylation is 1. The van der Waals surface area contributed by atoms with Crippen LogP contribution in [0.1, 0.15) is 16.4 Å². The van der Waals surface area contributed by atoms with Crippen LogP contribution in [0.2, 0.25) is 0 Å². The molecule has 1 rings (SSSR count). The number of rotatable bonds is 2. The lowest BCUT2D eigenvalue weighted by atomic mass is 10.0. The monoisotopic (exact) mass is 265 g/mol. The molecule has 0 aromatic heterocycles. The van der Waals surface area contributed by atoms with Crippen molar-refractivity contribution in [2.24, 2.45) is 4.99 Å². The molecule has 1 atom stereocenters. The molecule has 0 saturated heterocycles. The molecule has 2 nitrogen and oxygen atoms in total. The molecule has 0 radical (unpaired) electrons. The highest BCUT2D eigenvalue weighted by Gasteiger charge is 2.39. The fraction of sp³-hybridized carbons (Fsp3) is 0.300. The van der Waals surface area contributed by atoms with Gasteiger partial charge >= 0.3 is 6.18 Å². The van der Waals surface area contributed by atoms with E-state index in [0.717, 1.165) is 18.2 Å². The van der Waals surface area contributed by atoms with Crippen LogP contribution >= 0.6 is 12.6 Å². The molecule has 17 heavy (non-hydrogen) atoms. The van der Waals surface area contributed by atoms with Crippen molar-refractivity contribution >= 4 is 24.4 Å². The predicted octanol–water partition coefficient (Wildman–Crippen LogP) is 3.63. The van der Waals surface area contributed by atoms with Crippen LogP contribution in [0.4, 0.5) is 23.2 Å². The molecule has 0 N–H and O–H groups in total. The molecule has 1 aromatic carbocycles. The van der Waals surface area contributed by atoms with Crippen molar-refractivity contribution < 1.29 is 22.4 Å². The van der Waals surface area contributed by atoms with Gasteiger partial charge in [0.25, 0.3) is 0 Å². The van der Waals surface area contributed by atoms with Gasteiger partial charge in [-0.15, -0.1) is 0 Å². The van der Waals surface area contributed by atoms with Gasteiger partial charge in [-0.1, -0.05) is 0 Å². The van der Waals surface area contributed by atoms with Crippen LogP contribution in [0.3, 0.4) is 0 Å². The fourth-order valence-electron chi connectivity index (χ4n) is 1.28. The van der Waals surface area contributed by atoms with Crippen LogP contribution in [0, 0.1) is 12.7 Å². The van der Waals surface area contributed by atoms with Crippen molar-refractivity contribution in [3.8, 4) is 0 Å². The Morgan fingerprint density at radius 3 is 2.47 bits per heavy atom. The molecule has 0 aliphatic heterocycles. The Hall–Kier alpha value is -1.33. The minimum atomic E-state index is -4.56. The SMILES string of the molecule is Cc1cc(F)c(N=C=O)cc1C(S)C(F)(F)F. The van der Waals surface area contributed by atoms with Crippen molar-refractivity contribution in [1.29, 1.82) is 0 Å². The van der Waals surface area contributed by atoms with Gasteiger partial charge in [0.2, 0.25) is 6.08 Å². The zero-order chi connectivity index (χ0) is 13.2. The molecule has 1 unspecified atom stereocenters. The van der Waals surface area contributed by atoms with Crippen molar-refractivity contribution in [3.63, 3.8) is 0 Å². The van der Waals surface area contributed by atoms with Gasteiger partial charge in [0.15, 0.2) is 0 Å². The van der Waals surface area contributed by atoms with E-state index >= 15 is 0 Å². The number of carbonyl (C=O) groups excluding carboxylic acids is 1. The van der Waals surface area contributed by atoms with E-state index in [2.05, 4.69) is 17.6 Å². The largest absolute Gasteiger partial charge is 0.404 e. The second-order valence-electron chi connectivity index (χ2n) is 3.31. The molecule has 0 bridgehead atoms. The van der Waals surface area contributed by atoms with Gasteiger partial charge in [0.1, 0.15) is 16.8 Å². The van der Waals surface area contributed by atoms with E-state index < -0.39 is 22.9 Å². The van der Waals surface area contributed by atoms with Crippen LogP contribution in [-0.2, 0) is 4.79 Å².